The molecule has 1 amide bonds. The van der Waals surface area contributed by atoms with E-state index in [9.17, 15) is 4.79 Å². The molecular formula is C14H20N2O. The van der Waals surface area contributed by atoms with E-state index in [2.05, 4.69) is 16.7 Å². The van der Waals surface area contributed by atoms with E-state index in [1.54, 1.807) is 0 Å². The SMILES string of the molecule is Cc1cccc(CC(=O)N[C@@H]2CCCNC2)c1. The third kappa shape index (κ3) is 3.86. The lowest BCUT2D eigenvalue weighted by Gasteiger charge is -2.23. The van der Waals surface area contributed by atoms with Crippen LogP contribution in [0, 0.1) is 6.92 Å². The Labute approximate surface area is 103 Å². The van der Waals surface area contributed by atoms with Gasteiger partial charge in [0.25, 0.3) is 0 Å². The molecule has 0 unspecified atom stereocenters. The van der Waals surface area contributed by atoms with E-state index in [1.807, 2.05) is 25.1 Å². The number of hydrogen-bond acceptors (Lipinski definition) is 2. The lowest BCUT2D eigenvalue weighted by Crippen LogP contribution is -2.46. The molecule has 1 aromatic carbocycles. The van der Waals surface area contributed by atoms with Gasteiger partial charge in [0.1, 0.15) is 0 Å². The molecule has 1 aromatic rings. The third-order valence-electron chi connectivity index (χ3n) is 3.11. The summed E-state index contributed by atoms with van der Waals surface area (Å²) in [6.07, 6.45) is 2.72. The van der Waals surface area contributed by atoms with Gasteiger partial charge in [-0.15, -0.1) is 0 Å². The largest absolute Gasteiger partial charge is 0.352 e. The van der Waals surface area contributed by atoms with Gasteiger partial charge in [-0.2, -0.15) is 0 Å². The maximum atomic E-state index is 11.9. The van der Waals surface area contributed by atoms with Crippen molar-refractivity contribution in [2.75, 3.05) is 13.1 Å². The summed E-state index contributed by atoms with van der Waals surface area (Å²) in [5.74, 6) is 0.129. The van der Waals surface area contributed by atoms with Crippen LogP contribution in [0.5, 0.6) is 0 Å². The minimum absolute atomic E-state index is 0.129. The minimum Gasteiger partial charge on any atom is -0.352 e. The van der Waals surface area contributed by atoms with Crippen molar-refractivity contribution in [3.8, 4) is 0 Å². The Bertz CT molecular complexity index is 384. The zero-order valence-electron chi connectivity index (χ0n) is 10.3. The predicted molar refractivity (Wildman–Crippen MR) is 68.9 cm³/mol. The molecule has 2 N–H and O–H groups in total. The molecule has 92 valence electrons. The highest BCUT2D eigenvalue weighted by Gasteiger charge is 2.15. The van der Waals surface area contributed by atoms with Crippen molar-refractivity contribution in [1.29, 1.82) is 0 Å². The van der Waals surface area contributed by atoms with Crippen LogP contribution >= 0.6 is 0 Å². The molecule has 1 fully saturated rings. The molecule has 3 heteroatoms. The first-order chi connectivity index (χ1) is 8.24. The predicted octanol–water partition coefficient (Wildman–Crippen LogP) is 1.41. The normalized spacial score (nSPS) is 19.9. The fourth-order valence-electron chi connectivity index (χ4n) is 2.26. The van der Waals surface area contributed by atoms with E-state index in [4.69, 9.17) is 0 Å². The molecule has 1 aliphatic rings. The zero-order valence-corrected chi connectivity index (χ0v) is 10.3. The van der Waals surface area contributed by atoms with Crippen LogP contribution in [-0.2, 0) is 11.2 Å². The molecule has 0 aromatic heterocycles. The Morgan fingerprint density at radius 2 is 2.41 bits per heavy atom. The van der Waals surface area contributed by atoms with Crippen molar-refractivity contribution in [2.24, 2.45) is 0 Å². The molecule has 1 atom stereocenters. The van der Waals surface area contributed by atoms with E-state index in [1.165, 1.54) is 5.56 Å². The van der Waals surface area contributed by atoms with Crippen LogP contribution in [0.3, 0.4) is 0 Å². The second-order valence-electron chi connectivity index (χ2n) is 4.78. The number of carbonyl (C=O) groups excluding carboxylic acids is 1. The maximum absolute atomic E-state index is 11.9. The van der Waals surface area contributed by atoms with Crippen LogP contribution in [0.4, 0.5) is 0 Å². The van der Waals surface area contributed by atoms with Gasteiger partial charge in [0, 0.05) is 12.6 Å². The highest BCUT2D eigenvalue weighted by atomic mass is 16.1. The summed E-state index contributed by atoms with van der Waals surface area (Å²) >= 11 is 0. The summed E-state index contributed by atoms with van der Waals surface area (Å²) in [6, 6.07) is 8.43. The van der Waals surface area contributed by atoms with Crippen LogP contribution in [0.15, 0.2) is 24.3 Å². The van der Waals surface area contributed by atoms with Gasteiger partial charge in [0.05, 0.1) is 6.42 Å². The molecular weight excluding hydrogens is 212 g/mol. The summed E-state index contributed by atoms with van der Waals surface area (Å²) in [6.45, 7) is 4.02. The van der Waals surface area contributed by atoms with E-state index in [0.717, 1.165) is 31.5 Å². The fraction of sp³-hybridized carbons (Fsp3) is 0.500. The summed E-state index contributed by atoms with van der Waals surface area (Å²) < 4.78 is 0. The van der Waals surface area contributed by atoms with Crippen LogP contribution in [0.2, 0.25) is 0 Å². The number of hydrogen-bond donors (Lipinski definition) is 2. The Kier molecular flexibility index (Phi) is 4.15. The molecule has 0 bridgehead atoms. The fourth-order valence-corrected chi connectivity index (χ4v) is 2.26. The molecule has 3 nitrogen and oxygen atoms in total. The van der Waals surface area contributed by atoms with Gasteiger partial charge in [-0.05, 0) is 31.9 Å². The van der Waals surface area contributed by atoms with Crippen LogP contribution in [0.25, 0.3) is 0 Å². The Balaban J connectivity index is 1.84. The number of carbonyl (C=O) groups is 1. The molecule has 1 saturated heterocycles. The zero-order chi connectivity index (χ0) is 12.1. The molecule has 1 aliphatic heterocycles. The number of nitrogens with one attached hydrogen (secondary N) is 2. The minimum atomic E-state index is 0.129. The second-order valence-corrected chi connectivity index (χ2v) is 4.78. The van der Waals surface area contributed by atoms with Gasteiger partial charge in [-0.25, -0.2) is 0 Å². The number of amides is 1. The number of rotatable bonds is 3. The first-order valence-electron chi connectivity index (χ1n) is 6.29. The van der Waals surface area contributed by atoms with Gasteiger partial charge in [-0.1, -0.05) is 29.8 Å². The molecule has 17 heavy (non-hydrogen) atoms. The van der Waals surface area contributed by atoms with Crippen molar-refractivity contribution in [2.45, 2.75) is 32.2 Å². The van der Waals surface area contributed by atoms with Gasteiger partial charge in [0.15, 0.2) is 0 Å². The number of piperidine rings is 1. The van der Waals surface area contributed by atoms with E-state index in [0.29, 0.717) is 12.5 Å². The average molecular weight is 232 g/mol. The Morgan fingerprint density at radius 3 is 3.12 bits per heavy atom. The Hall–Kier alpha value is -1.35. The van der Waals surface area contributed by atoms with Crippen molar-refractivity contribution >= 4 is 5.91 Å². The highest BCUT2D eigenvalue weighted by molar-refractivity contribution is 5.78. The summed E-state index contributed by atoms with van der Waals surface area (Å²) in [4.78, 5) is 11.9. The Morgan fingerprint density at radius 1 is 1.53 bits per heavy atom. The summed E-state index contributed by atoms with van der Waals surface area (Å²) in [5, 5.41) is 6.38. The number of benzene rings is 1. The lowest BCUT2D eigenvalue weighted by atomic mass is 10.1. The molecule has 1 heterocycles. The van der Waals surface area contributed by atoms with Crippen molar-refractivity contribution in [3.63, 3.8) is 0 Å². The van der Waals surface area contributed by atoms with Gasteiger partial charge in [0.2, 0.25) is 5.91 Å². The van der Waals surface area contributed by atoms with Crippen LogP contribution in [-0.4, -0.2) is 25.0 Å². The average Bonchev–Trinajstić information content (AvgIpc) is 2.30. The standard InChI is InChI=1S/C14H20N2O/c1-11-4-2-5-12(8-11)9-14(17)16-13-6-3-7-15-10-13/h2,4-5,8,13,15H,3,6-7,9-10H2,1H3,(H,16,17)/t13-/m1/s1. The van der Waals surface area contributed by atoms with Gasteiger partial charge >= 0.3 is 0 Å². The highest BCUT2D eigenvalue weighted by Crippen LogP contribution is 2.06. The molecule has 2 rings (SSSR count). The van der Waals surface area contributed by atoms with Gasteiger partial charge < -0.3 is 10.6 Å². The van der Waals surface area contributed by atoms with Crippen LogP contribution < -0.4 is 10.6 Å². The van der Waals surface area contributed by atoms with E-state index < -0.39 is 0 Å². The smallest absolute Gasteiger partial charge is 0.224 e. The second kappa shape index (κ2) is 5.82. The lowest BCUT2D eigenvalue weighted by molar-refractivity contribution is -0.121. The molecule has 0 saturated carbocycles. The molecule has 0 radical (unpaired) electrons. The van der Waals surface area contributed by atoms with Crippen LogP contribution in [0.1, 0.15) is 24.0 Å². The van der Waals surface area contributed by atoms with E-state index >= 15 is 0 Å². The topological polar surface area (TPSA) is 41.1 Å². The summed E-state index contributed by atoms with van der Waals surface area (Å²) in [7, 11) is 0. The first kappa shape index (κ1) is 12.1. The van der Waals surface area contributed by atoms with E-state index in [-0.39, 0.29) is 5.91 Å². The molecule has 0 aliphatic carbocycles. The number of aryl methyl sites for hydroxylation is 1. The first-order valence-corrected chi connectivity index (χ1v) is 6.29. The van der Waals surface area contributed by atoms with Crippen molar-refractivity contribution < 1.29 is 4.79 Å². The van der Waals surface area contributed by atoms with Crippen molar-refractivity contribution in [1.82, 2.24) is 10.6 Å². The third-order valence-corrected chi connectivity index (χ3v) is 3.11. The maximum Gasteiger partial charge on any atom is 0.224 e. The summed E-state index contributed by atoms with van der Waals surface area (Å²) in [5.41, 5.74) is 2.29. The molecule has 0 spiro atoms. The monoisotopic (exact) mass is 232 g/mol. The quantitative estimate of drug-likeness (QED) is 0.827. The van der Waals surface area contributed by atoms with Crippen molar-refractivity contribution in [3.05, 3.63) is 35.4 Å². The van der Waals surface area contributed by atoms with Gasteiger partial charge in [-0.3, -0.25) is 4.79 Å².